The summed E-state index contributed by atoms with van der Waals surface area (Å²) in [6.45, 7) is -0.175. The van der Waals surface area contributed by atoms with Crippen LogP contribution in [-0.2, 0) is 4.79 Å². The van der Waals surface area contributed by atoms with Crippen molar-refractivity contribution in [1.29, 1.82) is 5.26 Å². The molecule has 2 aromatic carbocycles. The number of hydrogen-bond donors (Lipinski definition) is 1. The number of aliphatic hydroxyl groups excluding tert-OH is 1. The Morgan fingerprint density at radius 2 is 1.81 bits per heavy atom. The first-order valence-corrected chi connectivity index (χ1v) is 10.7. The summed E-state index contributed by atoms with van der Waals surface area (Å²) in [7, 11) is 3.44. The van der Waals surface area contributed by atoms with Crippen molar-refractivity contribution < 1.29 is 14.7 Å². The minimum atomic E-state index is -0.582. The van der Waals surface area contributed by atoms with Crippen molar-refractivity contribution in [3.63, 3.8) is 0 Å². The Morgan fingerprint density at radius 1 is 1.13 bits per heavy atom. The molecule has 6 heteroatoms. The van der Waals surface area contributed by atoms with Crippen molar-refractivity contribution in [3.8, 4) is 17.2 Å². The molecule has 6 nitrogen and oxygen atoms in total. The Labute approximate surface area is 182 Å². The van der Waals surface area contributed by atoms with E-state index in [0.29, 0.717) is 5.56 Å². The van der Waals surface area contributed by atoms with Crippen LogP contribution in [0.15, 0.2) is 48.5 Å². The summed E-state index contributed by atoms with van der Waals surface area (Å²) in [6.07, 6.45) is 2.78. The summed E-state index contributed by atoms with van der Waals surface area (Å²) >= 11 is 0. The average Bonchev–Trinajstić information content (AvgIpc) is 2.72. The van der Waals surface area contributed by atoms with Crippen LogP contribution in [0, 0.1) is 17.2 Å². The van der Waals surface area contributed by atoms with E-state index in [4.69, 9.17) is 0 Å². The highest BCUT2D eigenvalue weighted by atomic mass is 16.3. The van der Waals surface area contributed by atoms with Gasteiger partial charge in [-0.05, 0) is 41.7 Å². The molecule has 2 aromatic rings. The van der Waals surface area contributed by atoms with Gasteiger partial charge in [0.2, 0.25) is 5.91 Å². The van der Waals surface area contributed by atoms with E-state index in [1.807, 2.05) is 36.4 Å². The van der Waals surface area contributed by atoms with E-state index in [-0.39, 0.29) is 30.3 Å². The third-order valence-electron chi connectivity index (χ3n) is 6.61. The fourth-order valence-electron chi connectivity index (χ4n) is 4.65. The van der Waals surface area contributed by atoms with Crippen LogP contribution in [0.3, 0.4) is 0 Å². The molecule has 160 valence electrons. The summed E-state index contributed by atoms with van der Waals surface area (Å²) < 4.78 is 0. The molecule has 4 rings (SSSR count). The molecule has 1 saturated heterocycles. The fraction of sp³-hybridized carbons (Fsp3) is 0.400. The van der Waals surface area contributed by atoms with Gasteiger partial charge in [-0.15, -0.1) is 0 Å². The molecule has 2 amide bonds. The summed E-state index contributed by atoms with van der Waals surface area (Å²) in [5.74, 6) is -0.327. The van der Waals surface area contributed by atoms with Crippen LogP contribution in [0.1, 0.15) is 41.1 Å². The Balaban J connectivity index is 1.66. The monoisotopic (exact) mass is 417 g/mol. The Morgan fingerprint density at radius 3 is 2.35 bits per heavy atom. The van der Waals surface area contributed by atoms with Crippen LogP contribution in [0.2, 0.25) is 0 Å². The number of amides is 2. The first-order chi connectivity index (χ1) is 15.0. The number of hydrogen-bond acceptors (Lipinski definition) is 4. The Hall–Kier alpha value is -3.17. The average molecular weight is 418 g/mol. The van der Waals surface area contributed by atoms with Gasteiger partial charge >= 0.3 is 0 Å². The van der Waals surface area contributed by atoms with Gasteiger partial charge in [-0.1, -0.05) is 42.8 Å². The molecule has 1 saturated carbocycles. The molecule has 31 heavy (non-hydrogen) atoms. The van der Waals surface area contributed by atoms with E-state index in [1.54, 1.807) is 31.1 Å². The second-order valence-corrected chi connectivity index (χ2v) is 8.59. The molecule has 1 N–H and O–H groups in total. The summed E-state index contributed by atoms with van der Waals surface area (Å²) in [6, 6.07) is 16.5. The van der Waals surface area contributed by atoms with Crippen molar-refractivity contribution in [1.82, 2.24) is 9.80 Å². The molecule has 1 aliphatic heterocycles. The zero-order valence-corrected chi connectivity index (χ0v) is 17.9. The van der Waals surface area contributed by atoms with Crippen LogP contribution < -0.4 is 0 Å². The molecule has 0 spiro atoms. The number of likely N-dealkylation sites (tertiary alicyclic amines) is 1. The fourth-order valence-corrected chi connectivity index (χ4v) is 4.65. The van der Waals surface area contributed by atoms with Crippen molar-refractivity contribution >= 4 is 11.8 Å². The number of carbonyl (C=O) groups excluding carboxylic acids is 2. The van der Waals surface area contributed by atoms with Gasteiger partial charge in [-0.25, -0.2) is 0 Å². The van der Waals surface area contributed by atoms with E-state index in [2.05, 4.69) is 6.07 Å². The van der Waals surface area contributed by atoms with E-state index < -0.39 is 12.1 Å². The smallest absolute Gasteiger partial charge is 0.253 e. The first kappa shape index (κ1) is 21.1. The van der Waals surface area contributed by atoms with Crippen LogP contribution >= 0.6 is 0 Å². The predicted molar refractivity (Wildman–Crippen MR) is 117 cm³/mol. The van der Waals surface area contributed by atoms with Gasteiger partial charge in [0.15, 0.2) is 0 Å². The topological polar surface area (TPSA) is 84.6 Å². The van der Waals surface area contributed by atoms with Gasteiger partial charge in [-0.3, -0.25) is 9.59 Å². The van der Waals surface area contributed by atoms with Gasteiger partial charge in [0.25, 0.3) is 5.91 Å². The van der Waals surface area contributed by atoms with E-state index in [1.165, 1.54) is 4.90 Å². The van der Waals surface area contributed by atoms with Crippen LogP contribution in [0.5, 0.6) is 0 Å². The highest BCUT2D eigenvalue weighted by Crippen LogP contribution is 2.46. The summed E-state index contributed by atoms with van der Waals surface area (Å²) in [5.41, 5.74) is 3.43. The lowest BCUT2D eigenvalue weighted by atomic mass is 9.71. The zero-order valence-electron chi connectivity index (χ0n) is 17.9. The minimum Gasteiger partial charge on any atom is -0.394 e. The molecule has 2 fully saturated rings. The van der Waals surface area contributed by atoms with Crippen molar-refractivity contribution in [2.45, 2.75) is 37.3 Å². The normalized spacial score (nSPS) is 22.8. The highest BCUT2D eigenvalue weighted by Gasteiger charge is 2.53. The van der Waals surface area contributed by atoms with Crippen molar-refractivity contribution in [2.75, 3.05) is 20.7 Å². The molecule has 0 bridgehead atoms. The lowest BCUT2D eigenvalue weighted by Gasteiger charge is -2.53. The quantitative estimate of drug-likeness (QED) is 0.810. The van der Waals surface area contributed by atoms with Crippen LogP contribution in [0.4, 0.5) is 0 Å². The van der Waals surface area contributed by atoms with Gasteiger partial charge in [0.05, 0.1) is 18.7 Å². The third-order valence-corrected chi connectivity index (χ3v) is 6.61. The van der Waals surface area contributed by atoms with Crippen molar-refractivity contribution in [2.24, 2.45) is 5.92 Å². The number of nitriles is 1. The van der Waals surface area contributed by atoms with Gasteiger partial charge in [0.1, 0.15) is 6.04 Å². The Bertz CT molecular complexity index is 1020. The second kappa shape index (κ2) is 8.52. The first-order valence-electron chi connectivity index (χ1n) is 10.7. The maximum atomic E-state index is 12.9. The lowest BCUT2D eigenvalue weighted by molar-refractivity contribution is -0.154. The van der Waals surface area contributed by atoms with E-state index in [9.17, 15) is 20.0 Å². The Kier molecular flexibility index (Phi) is 5.79. The van der Waals surface area contributed by atoms with E-state index >= 15 is 0 Å². The summed E-state index contributed by atoms with van der Waals surface area (Å²) in [4.78, 5) is 28.2. The third kappa shape index (κ3) is 3.60. The number of nitrogens with zero attached hydrogens (tertiary/aromatic N) is 3. The van der Waals surface area contributed by atoms with Gasteiger partial charge in [-0.2, -0.15) is 5.26 Å². The molecular formula is C25H27N3O3. The SMILES string of the molecule is CN(C)C(=O)c1ccc(-c2ccccc2[C@H]2[C@H](C#N)N(C(=O)C3CCC3)[C@H]2CO)cc1. The zero-order chi connectivity index (χ0) is 22.1. The van der Waals surface area contributed by atoms with Crippen LogP contribution in [-0.4, -0.2) is 59.5 Å². The molecule has 0 unspecified atom stereocenters. The standard InChI is InChI=1S/C25H27N3O3/c1-27(2)24(30)18-12-10-16(11-13-18)19-8-3-4-9-20(19)23-21(14-26)28(22(23)15-29)25(31)17-6-5-7-17/h3-4,8-13,17,21-23,29H,5-7,15H2,1-2H3/t21-,22-,23-/m0/s1. The molecule has 0 radical (unpaired) electrons. The summed E-state index contributed by atoms with van der Waals surface area (Å²) in [5, 5.41) is 20.0. The molecule has 0 aromatic heterocycles. The molecule has 2 aliphatic rings. The minimum absolute atomic E-state index is 0.00266. The van der Waals surface area contributed by atoms with Crippen LogP contribution in [0.25, 0.3) is 11.1 Å². The number of rotatable bonds is 5. The molecule has 3 atom stereocenters. The number of carbonyl (C=O) groups is 2. The largest absolute Gasteiger partial charge is 0.394 e. The molecule has 1 heterocycles. The number of benzene rings is 2. The predicted octanol–water partition coefficient (Wildman–Crippen LogP) is 3.03. The maximum Gasteiger partial charge on any atom is 0.253 e. The van der Waals surface area contributed by atoms with Crippen molar-refractivity contribution in [3.05, 3.63) is 59.7 Å². The second-order valence-electron chi connectivity index (χ2n) is 8.59. The number of aliphatic hydroxyl groups is 1. The molecular weight excluding hydrogens is 390 g/mol. The van der Waals surface area contributed by atoms with E-state index in [0.717, 1.165) is 36.0 Å². The van der Waals surface area contributed by atoms with Gasteiger partial charge in [0, 0.05) is 31.5 Å². The molecule has 1 aliphatic carbocycles. The lowest BCUT2D eigenvalue weighted by Crippen LogP contribution is -2.66. The maximum absolute atomic E-state index is 12.9. The highest BCUT2D eigenvalue weighted by molar-refractivity contribution is 5.94. The van der Waals surface area contributed by atoms with Gasteiger partial charge < -0.3 is 14.9 Å².